The molecule has 0 unspecified atom stereocenters. The van der Waals surface area contributed by atoms with Crippen LogP contribution in [0.3, 0.4) is 0 Å². The van der Waals surface area contributed by atoms with Crippen molar-refractivity contribution in [1.82, 2.24) is 15.1 Å². The second-order valence-electron chi connectivity index (χ2n) is 6.30. The Hall–Kier alpha value is -2.72. The Morgan fingerprint density at radius 3 is 3.00 bits per heavy atom. The number of benzene rings is 1. The highest BCUT2D eigenvalue weighted by atomic mass is 32.1. The van der Waals surface area contributed by atoms with Crippen molar-refractivity contribution in [2.45, 2.75) is 19.1 Å². The molecule has 9 nitrogen and oxygen atoms in total. The van der Waals surface area contributed by atoms with Crippen LogP contribution < -0.4 is 14.8 Å². The predicted molar refractivity (Wildman–Crippen MR) is 95.4 cm³/mol. The topological polar surface area (TPSA) is 103 Å². The minimum absolute atomic E-state index is 0.0878. The van der Waals surface area contributed by atoms with Crippen LogP contribution in [0.25, 0.3) is 0 Å². The third-order valence-corrected chi connectivity index (χ3v) is 5.44. The van der Waals surface area contributed by atoms with Gasteiger partial charge in [0.05, 0.1) is 12.0 Å². The molecule has 2 atom stereocenters. The van der Waals surface area contributed by atoms with Crippen LogP contribution in [0.5, 0.6) is 11.5 Å². The number of carbonyl (C=O) groups is 2. The number of hydrogen-bond acceptors (Lipinski definition) is 8. The van der Waals surface area contributed by atoms with E-state index < -0.39 is 12.0 Å². The summed E-state index contributed by atoms with van der Waals surface area (Å²) in [5.41, 5.74) is 0.824. The largest absolute Gasteiger partial charge is 0.454 e. The monoisotopic (exact) mass is 390 g/mol. The third kappa shape index (κ3) is 3.33. The highest BCUT2D eigenvalue weighted by molar-refractivity contribution is 7.15. The van der Waals surface area contributed by atoms with E-state index in [9.17, 15) is 9.59 Å². The first-order valence-electron chi connectivity index (χ1n) is 8.34. The number of fused-ring (bicyclic) bond motifs is 1. The smallest absolute Gasteiger partial charge is 0.232 e. The van der Waals surface area contributed by atoms with E-state index in [2.05, 4.69) is 15.5 Å². The summed E-state index contributed by atoms with van der Waals surface area (Å²) in [6, 6.07) is 5.09. The summed E-state index contributed by atoms with van der Waals surface area (Å²) in [6.45, 7) is 0.501. The lowest BCUT2D eigenvalue weighted by Crippen LogP contribution is -2.30. The Kier molecular flexibility index (Phi) is 4.66. The van der Waals surface area contributed by atoms with Gasteiger partial charge in [0.15, 0.2) is 11.5 Å². The van der Waals surface area contributed by atoms with Crippen LogP contribution in [0.15, 0.2) is 18.2 Å². The lowest BCUT2D eigenvalue weighted by atomic mass is 9.92. The number of nitrogens with zero attached hydrogens (tertiary/aromatic N) is 3. The first-order chi connectivity index (χ1) is 13.1. The van der Waals surface area contributed by atoms with Gasteiger partial charge in [0.25, 0.3) is 0 Å². The van der Waals surface area contributed by atoms with E-state index in [1.165, 1.54) is 11.3 Å². The Morgan fingerprint density at radius 1 is 1.37 bits per heavy atom. The fourth-order valence-electron chi connectivity index (χ4n) is 3.34. The van der Waals surface area contributed by atoms with Crippen LogP contribution in [-0.2, 0) is 20.9 Å². The Balaban J connectivity index is 1.56. The molecule has 2 amide bonds. The summed E-state index contributed by atoms with van der Waals surface area (Å²) in [4.78, 5) is 26.7. The van der Waals surface area contributed by atoms with Crippen molar-refractivity contribution in [2.24, 2.45) is 5.92 Å². The summed E-state index contributed by atoms with van der Waals surface area (Å²) in [7, 11) is 3.27. The van der Waals surface area contributed by atoms with Crippen LogP contribution in [0.2, 0.25) is 0 Å². The third-order valence-electron chi connectivity index (χ3n) is 4.63. The minimum atomic E-state index is -0.544. The molecule has 142 valence electrons. The van der Waals surface area contributed by atoms with Crippen molar-refractivity contribution < 1.29 is 23.8 Å². The number of nitrogens with one attached hydrogen (secondary N) is 1. The van der Waals surface area contributed by atoms with Crippen molar-refractivity contribution in [3.05, 3.63) is 28.8 Å². The molecule has 2 aliphatic rings. The van der Waals surface area contributed by atoms with Gasteiger partial charge in [0, 0.05) is 20.6 Å². The summed E-state index contributed by atoms with van der Waals surface area (Å²) in [5, 5.41) is 11.7. The number of carbonyl (C=O) groups excluding carboxylic acids is 2. The second kappa shape index (κ2) is 7.12. The van der Waals surface area contributed by atoms with Crippen LogP contribution in [0.1, 0.15) is 23.0 Å². The maximum absolute atomic E-state index is 12.9. The van der Waals surface area contributed by atoms with E-state index in [1.54, 1.807) is 25.1 Å². The summed E-state index contributed by atoms with van der Waals surface area (Å²) >= 11 is 1.25. The van der Waals surface area contributed by atoms with Crippen molar-refractivity contribution >= 4 is 28.3 Å². The molecule has 2 aromatic rings. The maximum atomic E-state index is 12.9. The van der Waals surface area contributed by atoms with Crippen molar-refractivity contribution in [3.8, 4) is 11.5 Å². The van der Waals surface area contributed by atoms with Gasteiger partial charge in [0.2, 0.25) is 23.7 Å². The van der Waals surface area contributed by atoms with Gasteiger partial charge in [-0.05, 0) is 17.7 Å². The van der Waals surface area contributed by atoms with Crippen LogP contribution >= 0.6 is 11.3 Å². The number of methoxy groups -OCH3 is 1. The van der Waals surface area contributed by atoms with Gasteiger partial charge in [-0.1, -0.05) is 17.4 Å². The molecule has 1 N–H and O–H groups in total. The van der Waals surface area contributed by atoms with E-state index in [0.29, 0.717) is 28.2 Å². The number of rotatable bonds is 5. The van der Waals surface area contributed by atoms with E-state index in [0.717, 1.165) is 5.56 Å². The number of aromatic nitrogens is 2. The molecule has 3 heterocycles. The first kappa shape index (κ1) is 17.7. The molecule has 0 saturated carbocycles. The molecule has 1 fully saturated rings. The number of hydrogen-bond donors (Lipinski definition) is 1. The van der Waals surface area contributed by atoms with Crippen molar-refractivity contribution in [3.63, 3.8) is 0 Å². The van der Waals surface area contributed by atoms with Crippen LogP contribution in [0.4, 0.5) is 5.13 Å². The van der Waals surface area contributed by atoms with Gasteiger partial charge >= 0.3 is 0 Å². The standard InChI is InChI=1S/C17H18N4O5S/c1-21-14(22)6-10(16(23)18-17-20-19-13(27-17)7-24-2)15(21)9-3-4-11-12(5-9)26-8-25-11/h3-5,10,15H,6-8H2,1-2H3,(H,18,20,23)/t10-,15-/m1/s1. The average Bonchev–Trinajstić information content (AvgIpc) is 3.35. The summed E-state index contributed by atoms with van der Waals surface area (Å²) < 4.78 is 15.8. The molecular formula is C17H18N4O5S. The Morgan fingerprint density at radius 2 is 2.19 bits per heavy atom. The zero-order valence-electron chi connectivity index (χ0n) is 14.8. The zero-order valence-corrected chi connectivity index (χ0v) is 15.6. The van der Waals surface area contributed by atoms with Gasteiger partial charge in [-0.15, -0.1) is 10.2 Å². The fourth-order valence-corrected chi connectivity index (χ4v) is 4.06. The quantitative estimate of drug-likeness (QED) is 0.827. The Labute approximate surface area is 159 Å². The van der Waals surface area contributed by atoms with Crippen LogP contribution in [-0.4, -0.2) is 47.9 Å². The fraction of sp³-hybridized carbons (Fsp3) is 0.412. The minimum Gasteiger partial charge on any atom is -0.454 e. The van der Waals surface area contributed by atoms with Gasteiger partial charge in [-0.2, -0.15) is 0 Å². The molecule has 10 heteroatoms. The number of amides is 2. The summed E-state index contributed by atoms with van der Waals surface area (Å²) in [5.74, 6) is 0.377. The molecule has 0 aliphatic carbocycles. The van der Waals surface area contributed by atoms with Crippen molar-refractivity contribution in [2.75, 3.05) is 26.3 Å². The lowest BCUT2D eigenvalue weighted by Gasteiger charge is -2.24. The highest BCUT2D eigenvalue weighted by Crippen LogP contribution is 2.42. The Bertz CT molecular complexity index is 886. The predicted octanol–water partition coefficient (Wildman–Crippen LogP) is 1.57. The van der Waals surface area contributed by atoms with E-state index in [-0.39, 0.29) is 25.0 Å². The molecule has 0 radical (unpaired) electrons. The normalized spacial score (nSPS) is 21.0. The number of likely N-dealkylation sites (tertiary alicyclic amines) is 1. The average molecular weight is 390 g/mol. The van der Waals surface area contributed by atoms with Gasteiger partial charge in [0.1, 0.15) is 11.6 Å². The van der Waals surface area contributed by atoms with Gasteiger partial charge in [-0.3, -0.25) is 9.59 Å². The van der Waals surface area contributed by atoms with E-state index in [1.807, 2.05) is 12.1 Å². The van der Waals surface area contributed by atoms with Gasteiger partial charge in [-0.25, -0.2) is 0 Å². The molecular weight excluding hydrogens is 372 g/mol. The molecule has 1 saturated heterocycles. The number of ether oxygens (including phenoxy) is 3. The lowest BCUT2D eigenvalue weighted by molar-refractivity contribution is -0.127. The highest BCUT2D eigenvalue weighted by Gasteiger charge is 2.43. The molecule has 0 bridgehead atoms. The van der Waals surface area contributed by atoms with E-state index >= 15 is 0 Å². The zero-order chi connectivity index (χ0) is 19.0. The first-order valence-corrected chi connectivity index (χ1v) is 9.16. The second-order valence-corrected chi connectivity index (χ2v) is 7.36. The SMILES string of the molecule is COCc1nnc(NC(=O)[C@@H]2CC(=O)N(C)[C@@H]2c2ccc3c(c2)OCO3)s1. The molecule has 27 heavy (non-hydrogen) atoms. The molecule has 0 spiro atoms. The molecule has 1 aromatic heterocycles. The summed E-state index contributed by atoms with van der Waals surface area (Å²) in [6.07, 6.45) is 0.130. The number of anilines is 1. The van der Waals surface area contributed by atoms with Gasteiger partial charge < -0.3 is 24.4 Å². The molecule has 4 rings (SSSR count). The maximum Gasteiger partial charge on any atom is 0.232 e. The van der Waals surface area contributed by atoms with Crippen LogP contribution in [0, 0.1) is 5.92 Å². The molecule has 1 aromatic carbocycles. The van der Waals surface area contributed by atoms with E-state index in [4.69, 9.17) is 14.2 Å². The molecule has 2 aliphatic heterocycles. The van der Waals surface area contributed by atoms with Crippen molar-refractivity contribution in [1.29, 1.82) is 0 Å².